The zero-order valence-electron chi connectivity index (χ0n) is 10.2. The van der Waals surface area contributed by atoms with Crippen molar-refractivity contribution in [3.8, 4) is 11.1 Å². The minimum atomic E-state index is -2.27. The molecule has 4 nitrogen and oxygen atoms in total. The molecule has 0 spiro atoms. The number of para-hydroxylation sites is 1. The molecule has 0 fully saturated rings. The van der Waals surface area contributed by atoms with Crippen molar-refractivity contribution in [2.45, 2.75) is 4.90 Å². The quantitative estimate of drug-likeness (QED) is 0.536. The lowest BCUT2D eigenvalue weighted by Crippen LogP contribution is -2.02. The summed E-state index contributed by atoms with van der Waals surface area (Å²) >= 11 is -2.27. The number of hydrogen-bond donors (Lipinski definition) is 0. The van der Waals surface area contributed by atoms with E-state index in [1.165, 1.54) is 12.1 Å². The molecule has 0 aliphatic heterocycles. The Morgan fingerprint density at radius 2 is 1.70 bits per heavy atom. The molecule has 3 rings (SSSR count). The van der Waals surface area contributed by atoms with Gasteiger partial charge in [-0.3, -0.25) is 4.21 Å². The van der Waals surface area contributed by atoms with Crippen LogP contribution in [0.1, 0.15) is 0 Å². The van der Waals surface area contributed by atoms with E-state index in [1.807, 2.05) is 12.1 Å². The van der Waals surface area contributed by atoms with Gasteiger partial charge in [0.2, 0.25) is 0 Å². The standard InChI is InChI=1S/C15H10O4S/c16-15-13(9-11-3-1-2-4-14(11)19-15)10-5-7-12(8-6-10)20(17)18/h1-9H,(H,17,18)/p-1. The van der Waals surface area contributed by atoms with Gasteiger partial charge in [0.1, 0.15) is 5.58 Å². The summed E-state index contributed by atoms with van der Waals surface area (Å²) in [6, 6.07) is 15.1. The molecular weight excluding hydrogens is 276 g/mol. The second kappa shape index (κ2) is 5.03. The maximum Gasteiger partial charge on any atom is 0.344 e. The highest BCUT2D eigenvalue weighted by Crippen LogP contribution is 2.21. The molecule has 0 saturated carbocycles. The number of benzene rings is 2. The Hall–Kier alpha value is -2.24. The van der Waals surface area contributed by atoms with Crippen LogP contribution in [0, 0.1) is 0 Å². The zero-order chi connectivity index (χ0) is 14.1. The lowest BCUT2D eigenvalue weighted by Gasteiger charge is -2.06. The molecule has 0 amide bonds. The van der Waals surface area contributed by atoms with Gasteiger partial charge in [-0.1, -0.05) is 30.3 Å². The van der Waals surface area contributed by atoms with Crippen molar-refractivity contribution >= 4 is 22.0 Å². The summed E-state index contributed by atoms with van der Waals surface area (Å²) < 4.78 is 26.9. The van der Waals surface area contributed by atoms with Gasteiger partial charge in [0, 0.05) is 10.3 Å². The van der Waals surface area contributed by atoms with Crippen LogP contribution in [0.15, 0.2) is 68.7 Å². The van der Waals surface area contributed by atoms with Crippen LogP contribution >= 0.6 is 0 Å². The molecule has 2 aromatic carbocycles. The van der Waals surface area contributed by atoms with E-state index < -0.39 is 16.7 Å². The van der Waals surface area contributed by atoms with E-state index in [1.54, 1.807) is 30.3 Å². The maximum absolute atomic E-state index is 12.0. The predicted octanol–water partition coefficient (Wildman–Crippen LogP) is 2.70. The van der Waals surface area contributed by atoms with Crippen molar-refractivity contribution in [2.24, 2.45) is 0 Å². The van der Waals surface area contributed by atoms with Gasteiger partial charge in [-0.2, -0.15) is 0 Å². The van der Waals surface area contributed by atoms with Gasteiger partial charge in [-0.25, -0.2) is 4.79 Å². The van der Waals surface area contributed by atoms with Crippen molar-refractivity contribution in [3.05, 3.63) is 65.0 Å². The molecule has 0 saturated heterocycles. The van der Waals surface area contributed by atoms with Gasteiger partial charge in [0.15, 0.2) is 0 Å². The second-order valence-corrected chi connectivity index (χ2v) is 5.19. The molecule has 20 heavy (non-hydrogen) atoms. The molecule has 1 aromatic heterocycles. The summed E-state index contributed by atoms with van der Waals surface area (Å²) in [5.41, 5.74) is 1.11. The lowest BCUT2D eigenvalue weighted by atomic mass is 10.1. The van der Waals surface area contributed by atoms with Crippen molar-refractivity contribution in [2.75, 3.05) is 0 Å². The van der Waals surface area contributed by atoms with Crippen LogP contribution in [0.5, 0.6) is 0 Å². The Balaban J connectivity index is 2.16. The number of hydrogen-bond acceptors (Lipinski definition) is 4. The van der Waals surface area contributed by atoms with Gasteiger partial charge < -0.3 is 8.97 Å². The van der Waals surface area contributed by atoms with Gasteiger partial charge >= 0.3 is 5.63 Å². The lowest BCUT2D eigenvalue weighted by molar-refractivity contribution is 0.537. The number of rotatable bonds is 2. The molecule has 3 aromatic rings. The Morgan fingerprint density at radius 3 is 2.40 bits per heavy atom. The third-order valence-electron chi connectivity index (χ3n) is 3.00. The van der Waals surface area contributed by atoms with Crippen molar-refractivity contribution in [1.29, 1.82) is 0 Å². The van der Waals surface area contributed by atoms with Crippen LogP contribution in [0.25, 0.3) is 22.1 Å². The average Bonchev–Trinajstić information content (AvgIpc) is 2.46. The minimum absolute atomic E-state index is 0.180. The molecule has 0 aliphatic rings. The summed E-state index contributed by atoms with van der Waals surface area (Å²) in [5.74, 6) is 0. The first-order valence-electron chi connectivity index (χ1n) is 5.88. The highest BCUT2D eigenvalue weighted by atomic mass is 32.2. The van der Waals surface area contributed by atoms with Crippen LogP contribution in [-0.2, 0) is 11.1 Å². The fourth-order valence-corrected chi connectivity index (χ4v) is 2.37. The second-order valence-electron chi connectivity index (χ2n) is 4.24. The molecular formula is C15H9O4S-. The van der Waals surface area contributed by atoms with Crippen LogP contribution in [-0.4, -0.2) is 8.76 Å². The molecule has 1 heterocycles. The first kappa shape index (κ1) is 12.8. The molecule has 0 aliphatic carbocycles. The Labute approximate surface area is 117 Å². The summed E-state index contributed by atoms with van der Waals surface area (Å²) in [6.07, 6.45) is 0. The van der Waals surface area contributed by atoms with Gasteiger partial charge in [0.05, 0.1) is 5.56 Å². The molecule has 1 unspecified atom stereocenters. The van der Waals surface area contributed by atoms with Crippen molar-refractivity contribution in [1.82, 2.24) is 0 Å². The topological polar surface area (TPSA) is 70.3 Å². The van der Waals surface area contributed by atoms with E-state index in [2.05, 4.69) is 0 Å². The predicted molar refractivity (Wildman–Crippen MR) is 75.1 cm³/mol. The summed E-state index contributed by atoms with van der Waals surface area (Å²) in [7, 11) is 0. The first-order valence-corrected chi connectivity index (χ1v) is 6.95. The molecule has 100 valence electrons. The van der Waals surface area contributed by atoms with Crippen LogP contribution in [0.2, 0.25) is 0 Å². The summed E-state index contributed by atoms with van der Waals surface area (Å²) in [5, 5.41) is 0.818. The Kier molecular flexibility index (Phi) is 3.22. The molecule has 0 N–H and O–H groups in total. The van der Waals surface area contributed by atoms with E-state index in [4.69, 9.17) is 4.42 Å². The maximum atomic E-state index is 12.0. The van der Waals surface area contributed by atoms with Gasteiger partial charge in [-0.05, 0) is 40.9 Å². The highest BCUT2D eigenvalue weighted by molar-refractivity contribution is 7.79. The first-order chi connectivity index (χ1) is 9.65. The van der Waals surface area contributed by atoms with Crippen molar-refractivity contribution in [3.63, 3.8) is 0 Å². The fourth-order valence-electron chi connectivity index (χ4n) is 2.01. The van der Waals surface area contributed by atoms with E-state index in [-0.39, 0.29) is 4.90 Å². The third-order valence-corrected chi connectivity index (χ3v) is 3.66. The van der Waals surface area contributed by atoms with E-state index in [0.717, 1.165) is 5.39 Å². The summed E-state index contributed by atoms with van der Waals surface area (Å²) in [4.78, 5) is 12.1. The van der Waals surface area contributed by atoms with Crippen LogP contribution in [0.3, 0.4) is 0 Å². The normalized spacial score (nSPS) is 12.4. The molecule has 0 bridgehead atoms. The molecule has 5 heteroatoms. The minimum Gasteiger partial charge on any atom is -0.768 e. The van der Waals surface area contributed by atoms with Crippen molar-refractivity contribution < 1.29 is 13.2 Å². The van der Waals surface area contributed by atoms with E-state index in [0.29, 0.717) is 16.7 Å². The third kappa shape index (κ3) is 2.29. The van der Waals surface area contributed by atoms with E-state index in [9.17, 15) is 13.6 Å². The monoisotopic (exact) mass is 285 g/mol. The largest absolute Gasteiger partial charge is 0.768 e. The Bertz CT molecular complexity index is 850. The number of fused-ring (bicyclic) bond motifs is 1. The fraction of sp³-hybridized carbons (Fsp3) is 0. The summed E-state index contributed by atoms with van der Waals surface area (Å²) in [6.45, 7) is 0. The highest BCUT2D eigenvalue weighted by Gasteiger charge is 2.07. The SMILES string of the molecule is O=c1oc2ccccc2cc1-c1ccc(S(=O)[O-])cc1. The molecule has 1 atom stereocenters. The average molecular weight is 285 g/mol. The van der Waals surface area contributed by atoms with Gasteiger partial charge in [-0.15, -0.1) is 0 Å². The van der Waals surface area contributed by atoms with Crippen LogP contribution < -0.4 is 5.63 Å². The smallest absolute Gasteiger partial charge is 0.344 e. The van der Waals surface area contributed by atoms with Gasteiger partial charge in [0.25, 0.3) is 0 Å². The van der Waals surface area contributed by atoms with Crippen LogP contribution in [0.4, 0.5) is 0 Å². The molecule has 0 radical (unpaired) electrons. The Morgan fingerprint density at radius 1 is 1.00 bits per heavy atom. The van der Waals surface area contributed by atoms with E-state index >= 15 is 0 Å². The zero-order valence-corrected chi connectivity index (χ0v) is 11.1.